The zero-order chi connectivity index (χ0) is 17.3. The van der Waals surface area contributed by atoms with Gasteiger partial charge < -0.3 is 9.84 Å². The lowest BCUT2D eigenvalue weighted by molar-refractivity contribution is -0.153. The number of carbonyl (C=O) groups is 1. The molecule has 0 bridgehead atoms. The van der Waals surface area contributed by atoms with Crippen molar-refractivity contribution in [1.29, 1.82) is 0 Å². The Bertz CT molecular complexity index is 797. The van der Waals surface area contributed by atoms with Crippen LogP contribution in [-0.2, 0) is 29.2 Å². The highest BCUT2D eigenvalue weighted by atomic mass is 32.2. The van der Waals surface area contributed by atoms with E-state index in [1.807, 2.05) is 0 Å². The molecule has 0 radical (unpaired) electrons. The summed E-state index contributed by atoms with van der Waals surface area (Å²) in [5, 5.41) is 9.74. The molecule has 1 N–H and O–H groups in total. The first-order valence-corrected chi connectivity index (χ1v) is 9.76. The van der Waals surface area contributed by atoms with Crippen molar-refractivity contribution >= 4 is 25.6 Å². The van der Waals surface area contributed by atoms with Crippen molar-refractivity contribution in [3.8, 4) is 0 Å². The SMILES string of the molecule is CCOC(=O)C(O)c1cc(F)c(S(C)(=O)=O)c(S(C)(=O)=O)c1. The zero-order valence-electron chi connectivity index (χ0n) is 12.0. The van der Waals surface area contributed by atoms with Crippen molar-refractivity contribution in [1.82, 2.24) is 0 Å². The molecule has 0 spiro atoms. The van der Waals surface area contributed by atoms with Crippen LogP contribution in [0.2, 0.25) is 0 Å². The van der Waals surface area contributed by atoms with E-state index in [2.05, 4.69) is 4.74 Å². The summed E-state index contributed by atoms with van der Waals surface area (Å²) in [5.41, 5.74) is -0.413. The summed E-state index contributed by atoms with van der Waals surface area (Å²) < 4.78 is 65.1. The maximum atomic E-state index is 14.0. The number of ether oxygens (including phenoxy) is 1. The average Bonchev–Trinajstić information content (AvgIpc) is 2.34. The molecule has 124 valence electrons. The van der Waals surface area contributed by atoms with Crippen molar-refractivity contribution in [3.05, 3.63) is 23.5 Å². The molecule has 0 heterocycles. The molecule has 7 nitrogen and oxygen atoms in total. The van der Waals surface area contributed by atoms with Crippen LogP contribution in [0.5, 0.6) is 0 Å². The molecule has 0 aromatic heterocycles. The van der Waals surface area contributed by atoms with Gasteiger partial charge >= 0.3 is 5.97 Å². The van der Waals surface area contributed by atoms with Gasteiger partial charge in [0.1, 0.15) is 10.7 Å². The molecule has 1 atom stereocenters. The van der Waals surface area contributed by atoms with Gasteiger partial charge in [0, 0.05) is 12.5 Å². The molecule has 0 aliphatic carbocycles. The summed E-state index contributed by atoms with van der Waals surface area (Å²) in [4.78, 5) is 9.60. The number of esters is 1. The number of benzene rings is 1. The molecular formula is C12H15FO7S2. The van der Waals surface area contributed by atoms with E-state index in [4.69, 9.17) is 0 Å². The van der Waals surface area contributed by atoms with Crippen LogP contribution in [0, 0.1) is 5.82 Å². The standard InChI is InChI=1S/C12H15FO7S2/c1-4-20-12(15)10(14)7-5-8(13)11(22(3,18)19)9(6-7)21(2,16)17/h5-6,10,14H,4H2,1-3H3. The van der Waals surface area contributed by atoms with E-state index in [-0.39, 0.29) is 6.61 Å². The average molecular weight is 354 g/mol. The highest BCUT2D eigenvalue weighted by Crippen LogP contribution is 2.28. The zero-order valence-corrected chi connectivity index (χ0v) is 13.7. The minimum Gasteiger partial charge on any atom is -0.464 e. The number of carbonyl (C=O) groups excluding carboxylic acids is 1. The first kappa shape index (κ1) is 18.5. The van der Waals surface area contributed by atoms with Gasteiger partial charge in [-0.05, 0) is 24.6 Å². The molecule has 0 fully saturated rings. The Labute approximate surface area is 127 Å². The first-order valence-electron chi connectivity index (χ1n) is 5.97. The van der Waals surface area contributed by atoms with Crippen LogP contribution in [0.4, 0.5) is 4.39 Å². The van der Waals surface area contributed by atoms with E-state index >= 15 is 0 Å². The van der Waals surface area contributed by atoms with Gasteiger partial charge in [-0.2, -0.15) is 0 Å². The fraction of sp³-hybridized carbons (Fsp3) is 0.417. The Kier molecular flexibility index (Phi) is 5.31. The fourth-order valence-electron chi connectivity index (χ4n) is 1.74. The summed E-state index contributed by atoms with van der Waals surface area (Å²) in [6, 6.07) is 1.34. The van der Waals surface area contributed by atoms with Crippen LogP contribution < -0.4 is 0 Å². The number of hydrogen-bond acceptors (Lipinski definition) is 7. The molecule has 0 aliphatic rings. The number of aliphatic hydroxyl groups is 1. The van der Waals surface area contributed by atoms with Crippen molar-refractivity contribution < 1.29 is 35.9 Å². The molecular weight excluding hydrogens is 339 g/mol. The van der Waals surface area contributed by atoms with Crippen molar-refractivity contribution in [2.24, 2.45) is 0 Å². The van der Waals surface area contributed by atoms with Crippen molar-refractivity contribution in [2.75, 3.05) is 19.1 Å². The van der Waals surface area contributed by atoms with E-state index in [1.165, 1.54) is 6.92 Å². The Morgan fingerprint density at radius 2 is 1.77 bits per heavy atom. The van der Waals surface area contributed by atoms with Crippen molar-refractivity contribution in [3.63, 3.8) is 0 Å². The van der Waals surface area contributed by atoms with Gasteiger partial charge in [-0.3, -0.25) is 0 Å². The third-order valence-corrected chi connectivity index (χ3v) is 5.03. The molecule has 1 rings (SSSR count). The monoisotopic (exact) mass is 354 g/mol. The number of halogens is 1. The van der Waals surface area contributed by atoms with Crippen LogP contribution in [0.25, 0.3) is 0 Å². The molecule has 10 heteroatoms. The lowest BCUT2D eigenvalue weighted by atomic mass is 10.1. The highest BCUT2D eigenvalue weighted by Gasteiger charge is 2.29. The summed E-state index contributed by atoms with van der Waals surface area (Å²) in [6.07, 6.45) is -0.582. The normalized spacial score (nSPS) is 13.7. The molecule has 1 aromatic carbocycles. The maximum Gasteiger partial charge on any atom is 0.339 e. The van der Waals surface area contributed by atoms with Crippen LogP contribution >= 0.6 is 0 Å². The number of sulfone groups is 2. The first-order chi connectivity index (χ1) is 9.89. The minimum atomic E-state index is -4.17. The topological polar surface area (TPSA) is 115 Å². The smallest absolute Gasteiger partial charge is 0.339 e. The molecule has 1 unspecified atom stereocenters. The van der Waals surface area contributed by atoms with Crippen LogP contribution in [0.15, 0.2) is 21.9 Å². The van der Waals surface area contributed by atoms with Gasteiger partial charge in [0.25, 0.3) is 0 Å². The quantitative estimate of drug-likeness (QED) is 0.753. The van der Waals surface area contributed by atoms with Crippen LogP contribution in [0.1, 0.15) is 18.6 Å². The van der Waals surface area contributed by atoms with Gasteiger partial charge in [-0.1, -0.05) is 0 Å². The Morgan fingerprint density at radius 3 is 2.18 bits per heavy atom. The summed E-state index contributed by atoms with van der Waals surface area (Å²) in [5.74, 6) is -2.47. The third kappa shape index (κ3) is 4.02. The number of aliphatic hydroxyl groups excluding tert-OH is 1. The van der Waals surface area contributed by atoms with Crippen LogP contribution in [-0.4, -0.2) is 47.0 Å². The van der Waals surface area contributed by atoms with Crippen LogP contribution in [0.3, 0.4) is 0 Å². The lowest BCUT2D eigenvalue weighted by Gasteiger charge is -2.14. The number of hydrogen-bond donors (Lipinski definition) is 1. The number of rotatable bonds is 5. The van der Waals surface area contributed by atoms with Gasteiger partial charge in [0.05, 0.1) is 11.5 Å². The minimum absolute atomic E-state index is 0.0429. The third-order valence-electron chi connectivity index (χ3n) is 2.63. The van der Waals surface area contributed by atoms with E-state index in [1.54, 1.807) is 0 Å². The molecule has 0 saturated heterocycles. The Morgan fingerprint density at radius 1 is 1.23 bits per heavy atom. The van der Waals surface area contributed by atoms with E-state index < -0.39 is 52.9 Å². The second kappa shape index (κ2) is 6.31. The Balaban J connectivity index is 3.63. The maximum absolute atomic E-state index is 14.0. The molecule has 22 heavy (non-hydrogen) atoms. The van der Waals surface area contributed by atoms with Gasteiger partial charge in [0.2, 0.25) is 0 Å². The fourth-order valence-corrected chi connectivity index (χ4v) is 4.27. The predicted octanol–water partition coefficient (Wildman–Crippen LogP) is 0.229. The van der Waals surface area contributed by atoms with Gasteiger partial charge in [-0.25, -0.2) is 26.0 Å². The van der Waals surface area contributed by atoms with Crippen molar-refractivity contribution in [2.45, 2.75) is 22.8 Å². The molecule has 1 aromatic rings. The second-order valence-corrected chi connectivity index (χ2v) is 8.47. The van der Waals surface area contributed by atoms with Gasteiger partial charge in [-0.15, -0.1) is 0 Å². The van der Waals surface area contributed by atoms with E-state index in [0.29, 0.717) is 18.6 Å². The Hall–Kier alpha value is -1.52. The predicted molar refractivity (Wildman–Crippen MR) is 74.2 cm³/mol. The summed E-state index contributed by atoms with van der Waals surface area (Å²) >= 11 is 0. The molecule has 0 amide bonds. The summed E-state index contributed by atoms with van der Waals surface area (Å²) in [6.45, 7) is 1.44. The largest absolute Gasteiger partial charge is 0.464 e. The molecule has 0 saturated carbocycles. The summed E-state index contributed by atoms with van der Waals surface area (Å²) in [7, 11) is -8.29. The molecule has 0 aliphatic heterocycles. The van der Waals surface area contributed by atoms with Gasteiger partial charge in [0.15, 0.2) is 25.8 Å². The van der Waals surface area contributed by atoms with E-state index in [9.17, 15) is 31.1 Å². The van der Waals surface area contributed by atoms with E-state index in [0.717, 1.165) is 6.07 Å². The highest BCUT2D eigenvalue weighted by molar-refractivity contribution is 7.93. The lowest BCUT2D eigenvalue weighted by Crippen LogP contribution is -2.18. The second-order valence-electron chi connectivity index (χ2n) is 4.53.